The highest BCUT2D eigenvalue weighted by Crippen LogP contribution is 1.95. The van der Waals surface area contributed by atoms with Crippen molar-refractivity contribution in [3.05, 3.63) is 0 Å². The van der Waals surface area contributed by atoms with Gasteiger partial charge in [0.05, 0.1) is 6.61 Å². The molecule has 0 rings (SSSR count). The van der Waals surface area contributed by atoms with Crippen molar-refractivity contribution in [2.45, 2.75) is 31.8 Å². The summed E-state index contributed by atoms with van der Waals surface area (Å²) in [5, 5.41) is 8.48. The van der Waals surface area contributed by atoms with Crippen molar-refractivity contribution in [3.63, 3.8) is 0 Å². The summed E-state index contributed by atoms with van der Waals surface area (Å²) in [5.74, 6) is 0. The Labute approximate surface area is 56.0 Å². The molecule has 0 spiro atoms. The number of aliphatic hydroxyl groups is 1. The Bertz CT molecular complexity index is 66.1. The molecule has 0 fully saturated rings. The average Bonchev–Trinajstić information content (AvgIpc) is 1.83. The molecule has 0 amide bonds. The molecule has 0 aromatic heterocycles. The van der Waals surface area contributed by atoms with Gasteiger partial charge in [-0.15, -0.1) is 0 Å². The molecule has 56 valence electrons. The first-order valence-electron chi connectivity index (χ1n) is 3.28. The van der Waals surface area contributed by atoms with Crippen LogP contribution in [0.15, 0.2) is 0 Å². The van der Waals surface area contributed by atoms with Crippen LogP contribution in [0, 0.1) is 0 Å². The van der Waals surface area contributed by atoms with E-state index in [0.29, 0.717) is 0 Å². The minimum absolute atomic E-state index is 0.0622. The molecular weight excluding hydrogens is 116 g/mol. The molecule has 2 unspecified atom stereocenters. The van der Waals surface area contributed by atoms with E-state index in [-0.39, 0.29) is 18.7 Å². The van der Waals surface area contributed by atoms with Crippen LogP contribution in [0.1, 0.15) is 19.8 Å². The van der Waals surface area contributed by atoms with Crippen LogP contribution >= 0.6 is 0 Å². The Balaban J connectivity index is 3.06. The monoisotopic (exact) mass is 132 g/mol. The van der Waals surface area contributed by atoms with Gasteiger partial charge in [-0.25, -0.2) is 0 Å². The van der Waals surface area contributed by atoms with E-state index in [1.807, 2.05) is 6.92 Å². The highest BCUT2D eigenvalue weighted by molar-refractivity contribution is 4.62. The van der Waals surface area contributed by atoms with Gasteiger partial charge in [-0.2, -0.15) is 0 Å². The zero-order valence-electron chi connectivity index (χ0n) is 5.88. The molecule has 0 aliphatic heterocycles. The van der Waals surface area contributed by atoms with Gasteiger partial charge >= 0.3 is 0 Å². The Morgan fingerprint density at radius 1 is 1.33 bits per heavy atom. The first kappa shape index (κ1) is 8.88. The highest BCUT2D eigenvalue weighted by Gasteiger charge is 2.00. The van der Waals surface area contributed by atoms with E-state index >= 15 is 0 Å². The lowest BCUT2D eigenvalue weighted by Gasteiger charge is -2.08. The van der Waals surface area contributed by atoms with Crippen molar-refractivity contribution in [2.24, 2.45) is 11.5 Å². The Kier molecular flexibility index (Phi) is 4.67. The lowest BCUT2D eigenvalue weighted by Crippen LogP contribution is -2.27. The first-order valence-corrected chi connectivity index (χ1v) is 3.28. The van der Waals surface area contributed by atoms with Gasteiger partial charge in [0.2, 0.25) is 0 Å². The fourth-order valence-corrected chi connectivity index (χ4v) is 0.568. The number of aliphatic hydroxyl groups excluding tert-OH is 1. The third-order valence-corrected chi connectivity index (χ3v) is 1.23. The van der Waals surface area contributed by atoms with Crippen LogP contribution in [0.25, 0.3) is 0 Å². The van der Waals surface area contributed by atoms with Gasteiger partial charge < -0.3 is 16.6 Å². The summed E-state index contributed by atoms with van der Waals surface area (Å²) in [6, 6.07) is 0.110. The number of hydrogen-bond donors (Lipinski definition) is 3. The molecule has 0 heterocycles. The molecule has 0 bridgehead atoms. The van der Waals surface area contributed by atoms with Gasteiger partial charge in [-0.05, 0) is 19.8 Å². The van der Waals surface area contributed by atoms with E-state index in [2.05, 4.69) is 0 Å². The summed E-state index contributed by atoms with van der Waals surface area (Å²) < 4.78 is 0. The molecule has 0 radical (unpaired) electrons. The number of hydrogen-bond acceptors (Lipinski definition) is 3. The van der Waals surface area contributed by atoms with Crippen molar-refractivity contribution in [3.8, 4) is 0 Å². The summed E-state index contributed by atoms with van der Waals surface area (Å²) >= 11 is 0. The van der Waals surface area contributed by atoms with Crippen LogP contribution in [0.2, 0.25) is 0 Å². The predicted octanol–water partition coefficient (Wildman–Crippen LogP) is -0.567. The van der Waals surface area contributed by atoms with E-state index in [1.54, 1.807) is 0 Å². The summed E-state index contributed by atoms with van der Waals surface area (Å²) in [7, 11) is 0. The van der Waals surface area contributed by atoms with Crippen LogP contribution in [-0.2, 0) is 0 Å². The lowest BCUT2D eigenvalue weighted by atomic mass is 10.1. The standard InChI is InChI=1S/C6H16N2O/c1-5(7)2-3-6(8)4-9/h5-6,9H,2-4,7-8H2,1H3. The summed E-state index contributed by atoms with van der Waals surface area (Å²) in [4.78, 5) is 0. The van der Waals surface area contributed by atoms with E-state index < -0.39 is 0 Å². The van der Waals surface area contributed by atoms with Crippen molar-refractivity contribution in [2.75, 3.05) is 6.61 Å². The SMILES string of the molecule is CC(N)CCC(N)CO. The number of rotatable bonds is 4. The van der Waals surface area contributed by atoms with Gasteiger partial charge in [0.15, 0.2) is 0 Å². The summed E-state index contributed by atoms with van der Waals surface area (Å²) in [6.07, 6.45) is 1.70. The topological polar surface area (TPSA) is 72.3 Å². The van der Waals surface area contributed by atoms with E-state index in [0.717, 1.165) is 12.8 Å². The van der Waals surface area contributed by atoms with Crippen molar-refractivity contribution >= 4 is 0 Å². The molecule has 0 saturated heterocycles. The third-order valence-electron chi connectivity index (χ3n) is 1.23. The fourth-order valence-electron chi connectivity index (χ4n) is 0.568. The second-order valence-electron chi connectivity index (χ2n) is 2.50. The van der Waals surface area contributed by atoms with Gasteiger partial charge in [0.1, 0.15) is 0 Å². The number of nitrogens with two attached hydrogens (primary N) is 2. The fraction of sp³-hybridized carbons (Fsp3) is 1.00. The molecule has 3 nitrogen and oxygen atoms in total. The smallest absolute Gasteiger partial charge is 0.0582 e. The van der Waals surface area contributed by atoms with Gasteiger partial charge in [0.25, 0.3) is 0 Å². The molecule has 0 aliphatic carbocycles. The maximum Gasteiger partial charge on any atom is 0.0582 e. The van der Waals surface area contributed by atoms with Crippen LogP contribution in [0.4, 0.5) is 0 Å². The molecule has 0 saturated carbocycles. The maximum atomic E-state index is 8.48. The van der Waals surface area contributed by atoms with Crippen LogP contribution in [0.3, 0.4) is 0 Å². The van der Waals surface area contributed by atoms with Crippen LogP contribution in [-0.4, -0.2) is 23.8 Å². The Hall–Kier alpha value is -0.120. The van der Waals surface area contributed by atoms with E-state index in [4.69, 9.17) is 16.6 Å². The molecule has 9 heavy (non-hydrogen) atoms. The summed E-state index contributed by atoms with van der Waals surface area (Å²) in [5.41, 5.74) is 10.9. The van der Waals surface area contributed by atoms with Crippen LogP contribution in [0.5, 0.6) is 0 Å². The predicted molar refractivity (Wildman–Crippen MR) is 37.9 cm³/mol. The molecular formula is C6H16N2O. The zero-order chi connectivity index (χ0) is 7.28. The van der Waals surface area contributed by atoms with Crippen molar-refractivity contribution in [1.29, 1.82) is 0 Å². The highest BCUT2D eigenvalue weighted by atomic mass is 16.3. The third kappa shape index (κ3) is 5.76. The quantitative estimate of drug-likeness (QED) is 0.480. The molecule has 5 N–H and O–H groups in total. The second kappa shape index (κ2) is 4.73. The molecule has 0 aromatic carbocycles. The maximum absolute atomic E-state index is 8.48. The minimum atomic E-state index is -0.0870. The Morgan fingerprint density at radius 2 is 1.89 bits per heavy atom. The van der Waals surface area contributed by atoms with Crippen molar-refractivity contribution in [1.82, 2.24) is 0 Å². The average molecular weight is 132 g/mol. The Morgan fingerprint density at radius 3 is 2.22 bits per heavy atom. The largest absolute Gasteiger partial charge is 0.395 e. The van der Waals surface area contributed by atoms with Gasteiger partial charge in [0, 0.05) is 12.1 Å². The molecule has 0 aliphatic rings. The molecule has 0 aromatic rings. The zero-order valence-corrected chi connectivity index (χ0v) is 5.88. The lowest BCUT2D eigenvalue weighted by molar-refractivity contribution is 0.256. The van der Waals surface area contributed by atoms with E-state index in [1.165, 1.54) is 0 Å². The first-order chi connectivity index (χ1) is 4.16. The van der Waals surface area contributed by atoms with Crippen LogP contribution < -0.4 is 11.5 Å². The van der Waals surface area contributed by atoms with Gasteiger partial charge in [-0.1, -0.05) is 0 Å². The molecule has 3 heteroatoms. The van der Waals surface area contributed by atoms with Crippen molar-refractivity contribution < 1.29 is 5.11 Å². The minimum Gasteiger partial charge on any atom is -0.395 e. The molecule has 2 atom stereocenters. The second-order valence-corrected chi connectivity index (χ2v) is 2.50. The van der Waals surface area contributed by atoms with E-state index in [9.17, 15) is 0 Å². The normalized spacial score (nSPS) is 17.3. The summed E-state index contributed by atoms with van der Waals surface area (Å²) in [6.45, 7) is 2.00. The van der Waals surface area contributed by atoms with Gasteiger partial charge in [-0.3, -0.25) is 0 Å².